The lowest BCUT2D eigenvalue weighted by Crippen LogP contribution is -2.39. The van der Waals surface area contributed by atoms with Gasteiger partial charge in [0.15, 0.2) is 0 Å². The molecular formula is C15H14BrClN2O2. The second-order valence-electron chi connectivity index (χ2n) is 4.53. The third-order valence-electron chi connectivity index (χ3n) is 2.93. The molecule has 1 aromatic heterocycles. The number of nitrogens with zero attached hydrogens (tertiary/aromatic N) is 1. The van der Waals surface area contributed by atoms with Crippen LogP contribution in [0.4, 0.5) is 0 Å². The van der Waals surface area contributed by atoms with Gasteiger partial charge in [-0.3, -0.25) is 4.79 Å². The van der Waals surface area contributed by atoms with E-state index in [1.54, 1.807) is 6.07 Å². The number of carbonyl (C=O) groups excluding carboxylic acids is 1. The molecule has 1 atom stereocenters. The number of carbonyl (C=O) groups is 1. The third-order valence-corrected chi connectivity index (χ3v) is 3.67. The van der Waals surface area contributed by atoms with Crippen molar-refractivity contribution in [3.8, 4) is 0 Å². The summed E-state index contributed by atoms with van der Waals surface area (Å²) in [6, 6.07) is 10.9. The van der Waals surface area contributed by atoms with Gasteiger partial charge in [0.1, 0.15) is 5.15 Å². The molecule has 110 valence electrons. The maximum Gasteiger partial charge on any atom is 0.254 e. The zero-order valence-electron chi connectivity index (χ0n) is 11.1. The van der Waals surface area contributed by atoms with Crippen molar-refractivity contribution in [2.24, 2.45) is 0 Å². The van der Waals surface area contributed by atoms with Crippen molar-refractivity contribution in [3.05, 3.63) is 63.3 Å². The number of pyridine rings is 1. The fraction of sp³-hybridized carbons (Fsp3) is 0.200. The SMILES string of the molecule is O=C(NC(CO)Cc1ccccc1)c1cc(Br)cnc1Cl. The maximum absolute atomic E-state index is 12.2. The molecule has 1 heterocycles. The molecule has 2 N–H and O–H groups in total. The fourth-order valence-corrected chi connectivity index (χ4v) is 2.43. The Morgan fingerprint density at radius 1 is 1.38 bits per heavy atom. The van der Waals surface area contributed by atoms with Crippen molar-refractivity contribution < 1.29 is 9.90 Å². The van der Waals surface area contributed by atoms with E-state index in [9.17, 15) is 9.90 Å². The normalized spacial score (nSPS) is 12.0. The molecule has 0 saturated carbocycles. The maximum atomic E-state index is 12.2. The number of aliphatic hydroxyl groups is 1. The van der Waals surface area contributed by atoms with E-state index in [1.807, 2.05) is 30.3 Å². The Morgan fingerprint density at radius 2 is 2.10 bits per heavy atom. The Morgan fingerprint density at radius 3 is 2.76 bits per heavy atom. The molecule has 2 rings (SSSR count). The molecule has 0 bridgehead atoms. The summed E-state index contributed by atoms with van der Waals surface area (Å²) in [5.41, 5.74) is 1.31. The first kappa shape index (κ1) is 15.9. The van der Waals surface area contributed by atoms with Gasteiger partial charge in [0.25, 0.3) is 5.91 Å². The van der Waals surface area contributed by atoms with E-state index in [4.69, 9.17) is 11.6 Å². The van der Waals surface area contributed by atoms with E-state index in [2.05, 4.69) is 26.2 Å². The Kier molecular flexibility index (Phi) is 5.73. The minimum Gasteiger partial charge on any atom is -0.394 e. The van der Waals surface area contributed by atoms with Gasteiger partial charge in [-0.1, -0.05) is 41.9 Å². The number of hydrogen-bond donors (Lipinski definition) is 2. The smallest absolute Gasteiger partial charge is 0.254 e. The summed E-state index contributed by atoms with van der Waals surface area (Å²) < 4.78 is 0.667. The molecule has 2 aromatic rings. The van der Waals surface area contributed by atoms with Crippen molar-refractivity contribution in [1.29, 1.82) is 0 Å². The predicted octanol–water partition coefficient (Wildman–Crippen LogP) is 2.83. The number of aromatic nitrogens is 1. The summed E-state index contributed by atoms with van der Waals surface area (Å²) in [5, 5.41) is 12.3. The standard InChI is InChI=1S/C15H14BrClN2O2/c16-11-7-13(14(17)18-8-11)15(21)19-12(9-20)6-10-4-2-1-3-5-10/h1-5,7-8,12,20H,6,9H2,(H,19,21). The van der Waals surface area contributed by atoms with Crippen LogP contribution in [0.25, 0.3) is 0 Å². The molecule has 0 radical (unpaired) electrons. The average Bonchev–Trinajstić information content (AvgIpc) is 2.50. The van der Waals surface area contributed by atoms with Crippen LogP contribution in [0.2, 0.25) is 5.15 Å². The molecule has 21 heavy (non-hydrogen) atoms. The first-order valence-corrected chi connectivity index (χ1v) is 7.54. The summed E-state index contributed by atoms with van der Waals surface area (Å²) in [5.74, 6) is -0.358. The minimum atomic E-state index is -0.380. The van der Waals surface area contributed by atoms with Crippen molar-refractivity contribution in [2.45, 2.75) is 12.5 Å². The Balaban J connectivity index is 2.07. The Labute approximate surface area is 136 Å². The number of aliphatic hydroxyl groups excluding tert-OH is 1. The van der Waals surface area contributed by atoms with Crippen LogP contribution in [-0.2, 0) is 6.42 Å². The molecule has 1 unspecified atom stereocenters. The van der Waals surface area contributed by atoms with Crippen LogP contribution >= 0.6 is 27.5 Å². The molecule has 0 aliphatic carbocycles. The highest BCUT2D eigenvalue weighted by atomic mass is 79.9. The van der Waals surface area contributed by atoms with Gasteiger partial charge in [-0.25, -0.2) is 4.98 Å². The number of rotatable bonds is 5. The fourth-order valence-electron chi connectivity index (χ4n) is 1.90. The van der Waals surface area contributed by atoms with Crippen molar-refractivity contribution in [2.75, 3.05) is 6.61 Å². The van der Waals surface area contributed by atoms with Crippen LogP contribution in [0.3, 0.4) is 0 Å². The zero-order valence-corrected chi connectivity index (χ0v) is 13.4. The first-order chi connectivity index (χ1) is 10.1. The molecule has 0 aliphatic rings. The zero-order chi connectivity index (χ0) is 15.2. The lowest BCUT2D eigenvalue weighted by Gasteiger charge is -2.16. The van der Waals surface area contributed by atoms with Crippen LogP contribution in [0.5, 0.6) is 0 Å². The molecule has 0 aliphatic heterocycles. The van der Waals surface area contributed by atoms with Gasteiger partial charge < -0.3 is 10.4 Å². The molecule has 6 heteroatoms. The van der Waals surface area contributed by atoms with E-state index in [-0.39, 0.29) is 29.3 Å². The van der Waals surface area contributed by atoms with Crippen molar-refractivity contribution in [3.63, 3.8) is 0 Å². The van der Waals surface area contributed by atoms with E-state index in [0.717, 1.165) is 5.56 Å². The molecule has 0 spiro atoms. The number of nitrogens with one attached hydrogen (secondary N) is 1. The topological polar surface area (TPSA) is 62.2 Å². The van der Waals surface area contributed by atoms with E-state index < -0.39 is 0 Å². The van der Waals surface area contributed by atoms with E-state index >= 15 is 0 Å². The highest BCUT2D eigenvalue weighted by Gasteiger charge is 2.17. The lowest BCUT2D eigenvalue weighted by molar-refractivity contribution is 0.0916. The summed E-state index contributed by atoms with van der Waals surface area (Å²) in [6.45, 7) is -0.153. The van der Waals surface area contributed by atoms with Crippen LogP contribution < -0.4 is 5.32 Å². The van der Waals surface area contributed by atoms with Gasteiger partial charge in [0.2, 0.25) is 0 Å². The van der Waals surface area contributed by atoms with E-state index in [1.165, 1.54) is 6.20 Å². The van der Waals surface area contributed by atoms with Gasteiger partial charge in [0.05, 0.1) is 18.2 Å². The average molecular weight is 370 g/mol. The largest absolute Gasteiger partial charge is 0.394 e. The molecular weight excluding hydrogens is 356 g/mol. The molecule has 1 amide bonds. The lowest BCUT2D eigenvalue weighted by atomic mass is 10.1. The third kappa shape index (κ3) is 4.52. The first-order valence-electron chi connectivity index (χ1n) is 6.37. The van der Waals surface area contributed by atoms with Crippen molar-refractivity contribution in [1.82, 2.24) is 10.3 Å². The number of hydrogen-bond acceptors (Lipinski definition) is 3. The quantitative estimate of drug-likeness (QED) is 0.797. The number of benzene rings is 1. The second-order valence-corrected chi connectivity index (χ2v) is 5.81. The monoisotopic (exact) mass is 368 g/mol. The van der Waals surface area contributed by atoms with Gasteiger partial charge in [-0.2, -0.15) is 0 Å². The molecule has 0 fully saturated rings. The van der Waals surface area contributed by atoms with Gasteiger partial charge >= 0.3 is 0 Å². The highest BCUT2D eigenvalue weighted by molar-refractivity contribution is 9.10. The van der Waals surface area contributed by atoms with Gasteiger partial charge in [0, 0.05) is 10.7 Å². The van der Waals surface area contributed by atoms with E-state index in [0.29, 0.717) is 10.9 Å². The molecule has 4 nitrogen and oxygen atoms in total. The second kappa shape index (κ2) is 7.54. The summed E-state index contributed by atoms with van der Waals surface area (Å²) >= 11 is 9.17. The summed E-state index contributed by atoms with van der Waals surface area (Å²) in [6.07, 6.45) is 2.06. The molecule has 0 saturated heterocycles. The van der Waals surface area contributed by atoms with Crippen molar-refractivity contribution >= 4 is 33.4 Å². The molecule has 1 aromatic carbocycles. The van der Waals surface area contributed by atoms with Crippen LogP contribution in [0, 0.1) is 0 Å². The van der Waals surface area contributed by atoms with Crippen LogP contribution in [0.15, 0.2) is 47.1 Å². The Bertz CT molecular complexity index is 622. The number of halogens is 2. The van der Waals surface area contributed by atoms with Crippen LogP contribution in [-0.4, -0.2) is 28.6 Å². The van der Waals surface area contributed by atoms with Gasteiger partial charge in [-0.05, 0) is 34.0 Å². The predicted molar refractivity (Wildman–Crippen MR) is 85.4 cm³/mol. The summed E-state index contributed by atoms with van der Waals surface area (Å²) in [7, 11) is 0. The Hall–Kier alpha value is -1.43. The minimum absolute atomic E-state index is 0.132. The highest BCUT2D eigenvalue weighted by Crippen LogP contribution is 2.18. The number of amides is 1. The van der Waals surface area contributed by atoms with Crippen LogP contribution in [0.1, 0.15) is 15.9 Å². The summed E-state index contributed by atoms with van der Waals surface area (Å²) in [4.78, 5) is 16.1. The van der Waals surface area contributed by atoms with Gasteiger partial charge in [-0.15, -0.1) is 0 Å².